The van der Waals surface area contributed by atoms with Gasteiger partial charge in [-0.15, -0.1) is 0 Å². The molecule has 98 valence electrons. The molecule has 0 aromatic heterocycles. The molecule has 0 bridgehead atoms. The van der Waals surface area contributed by atoms with Crippen molar-refractivity contribution in [2.24, 2.45) is 11.8 Å². The smallest absolute Gasteiger partial charge is 0.323 e. The Balaban J connectivity index is 1.73. The largest absolute Gasteiger partial charge is 0.468 e. The van der Waals surface area contributed by atoms with Crippen LogP contribution in [-0.4, -0.2) is 50.7 Å². The first-order valence-electron chi connectivity index (χ1n) is 6.70. The van der Waals surface area contributed by atoms with Crippen LogP contribution in [0.1, 0.15) is 25.7 Å². The number of piperidine rings is 1. The van der Waals surface area contributed by atoms with Gasteiger partial charge in [-0.2, -0.15) is 0 Å². The predicted octanol–water partition coefficient (Wildman–Crippen LogP) is 0.869. The summed E-state index contributed by atoms with van der Waals surface area (Å²) in [5.74, 6) is 1.16. The van der Waals surface area contributed by atoms with E-state index in [4.69, 9.17) is 4.74 Å². The van der Waals surface area contributed by atoms with Crippen LogP contribution in [0.15, 0.2) is 0 Å². The summed E-state index contributed by atoms with van der Waals surface area (Å²) in [5, 5.41) is 3.42. The van der Waals surface area contributed by atoms with Gasteiger partial charge in [-0.3, -0.25) is 4.79 Å². The maximum Gasteiger partial charge on any atom is 0.323 e. The zero-order chi connectivity index (χ0) is 12.3. The summed E-state index contributed by atoms with van der Waals surface area (Å²) in [6.45, 7) is 3.32. The van der Waals surface area contributed by atoms with E-state index in [1.54, 1.807) is 0 Å². The molecule has 0 amide bonds. The van der Waals surface area contributed by atoms with E-state index in [2.05, 4.69) is 17.3 Å². The van der Waals surface area contributed by atoms with Gasteiger partial charge in [0.05, 0.1) is 7.11 Å². The highest BCUT2D eigenvalue weighted by Gasteiger charge is 2.37. The average Bonchev–Trinajstić information content (AvgIpc) is 3.16. The number of esters is 1. The molecule has 2 aliphatic rings. The maximum absolute atomic E-state index is 11.6. The molecule has 1 aliphatic carbocycles. The molecule has 0 radical (unpaired) electrons. The molecular formula is C13H24N2O2. The Morgan fingerprint density at radius 2 is 2.00 bits per heavy atom. The molecule has 1 saturated carbocycles. The number of carbonyl (C=O) groups is 1. The Labute approximate surface area is 104 Å². The standard InChI is InChI=1S/C13H24N2O2/c1-15-7-5-10(6-8-15)9-14-12(11-3-4-11)13(16)17-2/h10-12,14H,3-9H2,1-2H3. The maximum atomic E-state index is 11.6. The van der Waals surface area contributed by atoms with Crippen LogP contribution in [0.3, 0.4) is 0 Å². The Hall–Kier alpha value is -0.610. The van der Waals surface area contributed by atoms with Crippen molar-refractivity contribution >= 4 is 5.97 Å². The van der Waals surface area contributed by atoms with Crippen molar-refractivity contribution in [3.63, 3.8) is 0 Å². The zero-order valence-corrected chi connectivity index (χ0v) is 10.9. The molecular weight excluding hydrogens is 216 g/mol. The van der Waals surface area contributed by atoms with Gasteiger partial charge in [-0.05, 0) is 64.2 Å². The monoisotopic (exact) mass is 240 g/mol. The van der Waals surface area contributed by atoms with Crippen molar-refractivity contribution in [3.05, 3.63) is 0 Å². The second-order valence-electron chi connectivity index (χ2n) is 5.49. The lowest BCUT2D eigenvalue weighted by Crippen LogP contribution is -2.43. The van der Waals surface area contributed by atoms with E-state index < -0.39 is 0 Å². The van der Waals surface area contributed by atoms with E-state index in [-0.39, 0.29) is 12.0 Å². The minimum absolute atomic E-state index is 0.0559. The van der Waals surface area contributed by atoms with Crippen LogP contribution in [0.2, 0.25) is 0 Å². The normalized spacial score (nSPS) is 24.6. The summed E-state index contributed by atoms with van der Waals surface area (Å²) in [4.78, 5) is 14.0. The summed E-state index contributed by atoms with van der Waals surface area (Å²) in [6.07, 6.45) is 4.81. The fourth-order valence-electron chi connectivity index (χ4n) is 2.56. The van der Waals surface area contributed by atoms with Gasteiger partial charge in [0.25, 0.3) is 0 Å². The van der Waals surface area contributed by atoms with Crippen LogP contribution in [0, 0.1) is 11.8 Å². The van der Waals surface area contributed by atoms with Gasteiger partial charge in [-0.1, -0.05) is 0 Å². The van der Waals surface area contributed by atoms with Crippen molar-refractivity contribution in [1.82, 2.24) is 10.2 Å². The van der Waals surface area contributed by atoms with Gasteiger partial charge in [0.15, 0.2) is 0 Å². The Morgan fingerprint density at radius 1 is 1.35 bits per heavy atom. The lowest BCUT2D eigenvalue weighted by molar-refractivity contribution is -0.143. The third-order valence-corrected chi connectivity index (χ3v) is 4.01. The Kier molecular flexibility index (Phi) is 4.40. The SMILES string of the molecule is COC(=O)C(NCC1CCN(C)CC1)C1CC1. The number of carbonyl (C=O) groups excluding carboxylic acids is 1. The molecule has 1 N–H and O–H groups in total. The van der Waals surface area contributed by atoms with Crippen molar-refractivity contribution in [1.29, 1.82) is 0 Å². The van der Waals surface area contributed by atoms with E-state index >= 15 is 0 Å². The minimum atomic E-state index is -0.0829. The molecule has 2 rings (SSSR count). The van der Waals surface area contributed by atoms with Gasteiger partial charge in [0.1, 0.15) is 6.04 Å². The van der Waals surface area contributed by atoms with E-state index in [0.717, 1.165) is 12.5 Å². The fourth-order valence-corrected chi connectivity index (χ4v) is 2.56. The predicted molar refractivity (Wildman–Crippen MR) is 66.8 cm³/mol. The first-order chi connectivity index (χ1) is 8.20. The third kappa shape index (κ3) is 3.68. The molecule has 1 heterocycles. The number of hydrogen-bond acceptors (Lipinski definition) is 4. The summed E-state index contributed by atoms with van der Waals surface area (Å²) in [6, 6.07) is -0.0559. The Bertz CT molecular complexity index is 258. The lowest BCUT2D eigenvalue weighted by atomic mass is 9.96. The number of nitrogens with one attached hydrogen (secondary N) is 1. The summed E-state index contributed by atoms with van der Waals surface area (Å²) in [5.41, 5.74) is 0. The van der Waals surface area contributed by atoms with E-state index in [9.17, 15) is 4.79 Å². The van der Waals surface area contributed by atoms with Crippen molar-refractivity contribution < 1.29 is 9.53 Å². The molecule has 4 heteroatoms. The van der Waals surface area contributed by atoms with E-state index in [0.29, 0.717) is 5.92 Å². The van der Waals surface area contributed by atoms with Crippen LogP contribution in [-0.2, 0) is 9.53 Å². The lowest BCUT2D eigenvalue weighted by Gasteiger charge is -2.30. The number of rotatable bonds is 5. The number of methoxy groups -OCH3 is 1. The molecule has 0 aromatic rings. The molecule has 1 unspecified atom stereocenters. The van der Waals surface area contributed by atoms with Gasteiger partial charge in [0, 0.05) is 0 Å². The molecule has 0 aromatic carbocycles. The number of likely N-dealkylation sites (tertiary alicyclic amines) is 1. The fraction of sp³-hybridized carbons (Fsp3) is 0.923. The summed E-state index contributed by atoms with van der Waals surface area (Å²) in [7, 11) is 3.65. The van der Waals surface area contributed by atoms with Crippen LogP contribution in [0.5, 0.6) is 0 Å². The molecule has 1 aliphatic heterocycles. The molecule has 2 fully saturated rings. The van der Waals surface area contributed by atoms with Crippen LogP contribution in [0.25, 0.3) is 0 Å². The average molecular weight is 240 g/mol. The van der Waals surface area contributed by atoms with Crippen molar-refractivity contribution in [3.8, 4) is 0 Å². The highest BCUT2D eigenvalue weighted by molar-refractivity contribution is 5.76. The first-order valence-corrected chi connectivity index (χ1v) is 6.70. The molecule has 0 spiro atoms. The molecule has 4 nitrogen and oxygen atoms in total. The minimum Gasteiger partial charge on any atom is -0.468 e. The zero-order valence-electron chi connectivity index (χ0n) is 10.9. The van der Waals surface area contributed by atoms with E-state index in [1.807, 2.05) is 0 Å². The van der Waals surface area contributed by atoms with Crippen molar-refractivity contribution in [2.75, 3.05) is 33.8 Å². The summed E-state index contributed by atoms with van der Waals surface area (Å²) >= 11 is 0. The number of hydrogen-bond donors (Lipinski definition) is 1. The highest BCUT2D eigenvalue weighted by atomic mass is 16.5. The molecule has 17 heavy (non-hydrogen) atoms. The van der Waals surface area contributed by atoms with Gasteiger partial charge in [0.2, 0.25) is 0 Å². The second kappa shape index (κ2) is 5.83. The number of ether oxygens (including phenoxy) is 1. The summed E-state index contributed by atoms with van der Waals surface area (Å²) < 4.78 is 4.86. The topological polar surface area (TPSA) is 41.6 Å². The second-order valence-corrected chi connectivity index (χ2v) is 5.49. The first kappa shape index (κ1) is 12.8. The third-order valence-electron chi connectivity index (χ3n) is 4.01. The van der Waals surface area contributed by atoms with Gasteiger partial charge in [-0.25, -0.2) is 0 Å². The highest BCUT2D eigenvalue weighted by Crippen LogP contribution is 2.33. The van der Waals surface area contributed by atoms with Crippen LogP contribution < -0.4 is 5.32 Å². The van der Waals surface area contributed by atoms with Gasteiger partial charge >= 0.3 is 5.97 Å². The van der Waals surface area contributed by atoms with Crippen molar-refractivity contribution in [2.45, 2.75) is 31.7 Å². The molecule has 1 atom stereocenters. The van der Waals surface area contributed by atoms with E-state index in [1.165, 1.54) is 45.9 Å². The van der Waals surface area contributed by atoms with Crippen LogP contribution in [0.4, 0.5) is 0 Å². The molecule has 1 saturated heterocycles. The number of nitrogens with zero attached hydrogens (tertiary/aromatic N) is 1. The quantitative estimate of drug-likeness (QED) is 0.724. The Morgan fingerprint density at radius 3 is 2.53 bits per heavy atom. The van der Waals surface area contributed by atoms with Gasteiger partial charge < -0.3 is 15.0 Å². The van der Waals surface area contributed by atoms with Crippen LogP contribution >= 0.6 is 0 Å².